The van der Waals surface area contributed by atoms with Gasteiger partial charge < -0.3 is 15.0 Å². The van der Waals surface area contributed by atoms with Crippen LogP contribution in [-0.4, -0.2) is 51.3 Å². The quantitative estimate of drug-likeness (QED) is 0.780. The number of nitrogens with one attached hydrogen (secondary N) is 1. The van der Waals surface area contributed by atoms with Crippen molar-refractivity contribution in [3.05, 3.63) is 59.4 Å². The molecule has 1 aliphatic rings. The Labute approximate surface area is 174 Å². The number of aryl methyl sites for hydroxylation is 1. The lowest BCUT2D eigenvalue weighted by Gasteiger charge is -2.15. The van der Waals surface area contributed by atoms with E-state index in [0.717, 1.165) is 0 Å². The van der Waals surface area contributed by atoms with Crippen LogP contribution < -0.4 is 5.32 Å². The maximum Gasteiger partial charge on any atom is 0.409 e. The van der Waals surface area contributed by atoms with Crippen LogP contribution in [0, 0.1) is 18.7 Å². The van der Waals surface area contributed by atoms with Crippen molar-refractivity contribution in [1.82, 2.24) is 4.90 Å². The van der Waals surface area contributed by atoms with Gasteiger partial charge in [0.05, 0.1) is 17.8 Å². The number of ether oxygens (including phenoxy) is 1. The van der Waals surface area contributed by atoms with Crippen LogP contribution in [0.1, 0.15) is 22.3 Å². The number of nitrogens with zero attached hydrogens (tertiary/aromatic N) is 1. The number of methoxy groups -OCH3 is 1. The first-order valence-electron chi connectivity index (χ1n) is 9.43. The molecular weight excluding hydrogens is 411 g/mol. The second-order valence-electron chi connectivity index (χ2n) is 7.30. The maximum absolute atomic E-state index is 13.4. The molecular formula is C21H23FN2O5S. The van der Waals surface area contributed by atoms with Crippen molar-refractivity contribution < 1.29 is 27.1 Å². The van der Waals surface area contributed by atoms with Gasteiger partial charge in [0.2, 0.25) is 0 Å². The number of hydrogen-bond donors (Lipinski definition) is 1. The first-order chi connectivity index (χ1) is 14.2. The van der Waals surface area contributed by atoms with E-state index < -0.39 is 21.8 Å². The Balaban J connectivity index is 1.71. The van der Waals surface area contributed by atoms with Gasteiger partial charge in [0, 0.05) is 24.3 Å². The molecule has 0 aliphatic carbocycles. The van der Waals surface area contributed by atoms with Crippen molar-refractivity contribution in [1.29, 1.82) is 0 Å². The number of rotatable bonds is 5. The van der Waals surface area contributed by atoms with Crippen molar-refractivity contribution in [3.63, 3.8) is 0 Å². The minimum atomic E-state index is -3.65. The number of hydrogen-bond acceptors (Lipinski definition) is 5. The molecule has 1 aliphatic heterocycles. The summed E-state index contributed by atoms with van der Waals surface area (Å²) in [6.45, 7) is 2.35. The lowest BCUT2D eigenvalue weighted by Crippen LogP contribution is -2.29. The van der Waals surface area contributed by atoms with Gasteiger partial charge in [-0.15, -0.1) is 0 Å². The van der Waals surface area contributed by atoms with E-state index in [1.165, 1.54) is 54.5 Å². The van der Waals surface area contributed by atoms with Crippen LogP contribution in [0.2, 0.25) is 0 Å². The van der Waals surface area contributed by atoms with Gasteiger partial charge >= 0.3 is 6.09 Å². The van der Waals surface area contributed by atoms with Gasteiger partial charge in [-0.25, -0.2) is 17.6 Å². The zero-order chi connectivity index (χ0) is 21.9. The highest BCUT2D eigenvalue weighted by atomic mass is 32.2. The number of anilines is 1. The second kappa shape index (κ2) is 8.83. The largest absolute Gasteiger partial charge is 0.453 e. The highest BCUT2D eigenvalue weighted by Crippen LogP contribution is 2.23. The standard InChI is InChI=1S/C21H23FN2O5S/c1-14-10-17(6-7-19(14)22)23-20(25)16-4-3-5-18(11-16)30(27,28)13-15-8-9-24(12-15)21(26)29-2/h3-7,10-11,15H,8-9,12-13H2,1-2H3,(H,23,25). The lowest BCUT2D eigenvalue weighted by atomic mass is 10.2. The number of carbonyl (C=O) groups excluding carboxylic acids is 2. The number of benzene rings is 2. The number of likely N-dealkylation sites (tertiary alicyclic amines) is 1. The number of carbonyl (C=O) groups is 2. The fourth-order valence-electron chi connectivity index (χ4n) is 3.43. The number of amides is 2. The van der Waals surface area contributed by atoms with Gasteiger partial charge in [-0.2, -0.15) is 0 Å². The third kappa shape index (κ3) is 4.96. The second-order valence-corrected chi connectivity index (χ2v) is 9.33. The van der Waals surface area contributed by atoms with E-state index in [9.17, 15) is 22.4 Å². The Hall–Kier alpha value is -2.94. The highest BCUT2D eigenvalue weighted by molar-refractivity contribution is 7.91. The minimum absolute atomic E-state index is 0.0435. The predicted molar refractivity (Wildman–Crippen MR) is 110 cm³/mol. The topological polar surface area (TPSA) is 92.8 Å². The molecule has 1 N–H and O–H groups in total. The molecule has 0 spiro atoms. The Morgan fingerprint density at radius 1 is 1.23 bits per heavy atom. The van der Waals surface area contributed by atoms with Crippen LogP contribution in [0.15, 0.2) is 47.4 Å². The molecule has 1 atom stereocenters. The normalized spacial score (nSPS) is 16.4. The van der Waals surface area contributed by atoms with Gasteiger partial charge in [0.1, 0.15) is 5.82 Å². The van der Waals surface area contributed by atoms with Crippen LogP contribution in [-0.2, 0) is 14.6 Å². The van der Waals surface area contributed by atoms with Crippen LogP contribution in [0.4, 0.5) is 14.9 Å². The smallest absolute Gasteiger partial charge is 0.409 e. The molecule has 0 aromatic heterocycles. The summed E-state index contributed by atoms with van der Waals surface area (Å²) in [7, 11) is -2.36. The van der Waals surface area contributed by atoms with Gasteiger partial charge in [0.25, 0.3) is 5.91 Å². The van der Waals surface area contributed by atoms with E-state index >= 15 is 0 Å². The Morgan fingerprint density at radius 3 is 2.70 bits per heavy atom. The lowest BCUT2D eigenvalue weighted by molar-refractivity contribution is 0.102. The summed E-state index contributed by atoms with van der Waals surface area (Å²) in [6, 6.07) is 9.99. The summed E-state index contributed by atoms with van der Waals surface area (Å²) < 4.78 is 43.7. The first kappa shape index (κ1) is 21.8. The van der Waals surface area contributed by atoms with E-state index in [0.29, 0.717) is 30.8 Å². The van der Waals surface area contributed by atoms with Gasteiger partial charge in [-0.05, 0) is 61.2 Å². The van der Waals surface area contributed by atoms with E-state index in [-0.39, 0.29) is 27.9 Å². The van der Waals surface area contributed by atoms with E-state index in [4.69, 9.17) is 0 Å². The Kier molecular flexibility index (Phi) is 6.40. The molecule has 9 heteroatoms. The van der Waals surface area contributed by atoms with Gasteiger partial charge in [-0.1, -0.05) is 6.07 Å². The average molecular weight is 434 g/mol. The van der Waals surface area contributed by atoms with Crippen LogP contribution >= 0.6 is 0 Å². The summed E-state index contributed by atoms with van der Waals surface area (Å²) in [5.74, 6) is -1.19. The molecule has 2 aromatic carbocycles. The minimum Gasteiger partial charge on any atom is -0.453 e. The Morgan fingerprint density at radius 2 is 2.00 bits per heavy atom. The van der Waals surface area contributed by atoms with Crippen LogP contribution in [0.25, 0.3) is 0 Å². The zero-order valence-corrected chi connectivity index (χ0v) is 17.5. The monoisotopic (exact) mass is 434 g/mol. The molecule has 7 nitrogen and oxygen atoms in total. The zero-order valence-electron chi connectivity index (χ0n) is 16.7. The Bertz CT molecular complexity index is 1070. The van der Waals surface area contributed by atoms with Crippen molar-refractivity contribution >= 4 is 27.5 Å². The van der Waals surface area contributed by atoms with Crippen molar-refractivity contribution in [3.8, 4) is 0 Å². The number of sulfone groups is 1. The summed E-state index contributed by atoms with van der Waals surface area (Å²) >= 11 is 0. The molecule has 30 heavy (non-hydrogen) atoms. The van der Waals surface area contributed by atoms with Gasteiger partial charge in [0.15, 0.2) is 9.84 Å². The highest BCUT2D eigenvalue weighted by Gasteiger charge is 2.31. The summed E-state index contributed by atoms with van der Waals surface area (Å²) in [4.78, 5) is 25.6. The number of halogens is 1. The summed E-state index contributed by atoms with van der Waals surface area (Å²) in [6.07, 6.45) is 0.0999. The average Bonchev–Trinajstić information content (AvgIpc) is 3.18. The van der Waals surface area contributed by atoms with Crippen molar-refractivity contribution in [2.75, 3.05) is 31.3 Å². The molecule has 0 radical (unpaired) electrons. The van der Waals surface area contributed by atoms with Crippen LogP contribution in [0.5, 0.6) is 0 Å². The molecule has 1 fully saturated rings. The van der Waals surface area contributed by atoms with E-state index in [1.54, 1.807) is 6.92 Å². The third-order valence-corrected chi connectivity index (χ3v) is 6.93. The molecule has 1 saturated heterocycles. The fraction of sp³-hybridized carbons (Fsp3) is 0.333. The van der Waals surface area contributed by atoms with E-state index in [2.05, 4.69) is 10.1 Å². The molecule has 2 amide bonds. The summed E-state index contributed by atoms with van der Waals surface area (Å²) in [5, 5.41) is 2.64. The van der Waals surface area contributed by atoms with Crippen molar-refractivity contribution in [2.24, 2.45) is 5.92 Å². The van der Waals surface area contributed by atoms with Gasteiger partial charge in [-0.3, -0.25) is 4.79 Å². The molecule has 1 unspecified atom stereocenters. The van der Waals surface area contributed by atoms with Crippen molar-refractivity contribution in [2.45, 2.75) is 18.2 Å². The molecule has 0 bridgehead atoms. The summed E-state index contributed by atoms with van der Waals surface area (Å²) in [5.41, 5.74) is 0.989. The fourth-order valence-corrected chi connectivity index (χ4v) is 5.10. The SMILES string of the molecule is COC(=O)N1CCC(CS(=O)(=O)c2cccc(C(=O)Nc3ccc(F)c(C)c3)c2)C1. The molecule has 3 rings (SSSR count). The first-order valence-corrected chi connectivity index (χ1v) is 11.1. The molecule has 160 valence electrons. The maximum atomic E-state index is 13.4. The molecule has 1 heterocycles. The van der Waals surface area contributed by atoms with E-state index in [1.807, 2.05) is 0 Å². The van der Waals surface area contributed by atoms with Crippen LogP contribution in [0.3, 0.4) is 0 Å². The molecule has 2 aromatic rings. The third-order valence-electron chi connectivity index (χ3n) is 5.04. The predicted octanol–water partition coefficient (Wildman–Crippen LogP) is 3.25. The molecule has 0 saturated carbocycles.